The Labute approximate surface area is 122 Å². The summed E-state index contributed by atoms with van der Waals surface area (Å²) < 4.78 is 37.1. The number of ether oxygens (including phenoxy) is 1. The molecule has 0 saturated carbocycles. The van der Waals surface area contributed by atoms with Crippen LogP contribution in [0.15, 0.2) is 45.9 Å². The number of hydrogen-bond donors (Lipinski definition) is 1. The fraction of sp³-hybridized carbons (Fsp3) is 0.231. The molecule has 2 aromatic rings. The number of benzene rings is 1. The van der Waals surface area contributed by atoms with Crippen LogP contribution in [0.2, 0.25) is 5.02 Å². The van der Waals surface area contributed by atoms with Crippen molar-refractivity contribution in [3.8, 4) is 5.75 Å². The van der Waals surface area contributed by atoms with Gasteiger partial charge in [0.25, 0.3) is 0 Å². The molecule has 0 amide bonds. The van der Waals surface area contributed by atoms with Crippen molar-refractivity contribution >= 4 is 21.6 Å². The van der Waals surface area contributed by atoms with Crippen LogP contribution in [-0.4, -0.2) is 15.0 Å². The summed E-state index contributed by atoms with van der Waals surface area (Å²) in [6.07, 6.45) is 1.49. The van der Waals surface area contributed by atoms with E-state index in [0.717, 1.165) is 0 Å². The third-order valence-corrected chi connectivity index (χ3v) is 4.24. The van der Waals surface area contributed by atoms with Crippen LogP contribution in [0.3, 0.4) is 0 Å². The molecule has 7 heteroatoms. The topological polar surface area (TPSA) is 68.5 Å². The van der Waals surface area contributed by atoms with Crippen molar-refractivity contribution in [3.05, 3.63) is 47.4 Å². The molecule has 2 rings (SSSR count). The highest BCUT2D eigenvalue weighted by Gasteiger charge is 2.16. The zero-order valence-corrected chi connectivity index (χ0v) is 12.4. The lowest BCUT2D eigenvalue weighted by Crippen LogP contribution is -2.23. The van der Waals surface area contributed by atoms with Crippen LogP contribution in [-0.2, 0) is 16.6 Å². The summed E-state index contributed by atoms with van der Waals surface area (Å²) in [5, 5.41) is 0.372. The quantitative estimate of drug-likeness (QED) is 0.890. The van der Waals surface area contributed by atoms with Gasteiger partial charge in [-0.1, -0.05) is 11.6 Å². The van der Waals surface area contributed by atoms with Crippen molar-refractivity contribution in [3.63, 3.8) is 0 Å². The molecule has 0 aliphatic rings. The zero-order chi connectivity index (χ0) is 14.6. The number of rotatable bonds is 6. The van der Waals surface area contributed by atoms with Crippen LogP contribution in [0.4, 0.5) is 0 Å². The van der Waals surface area contributed by atoms with Gasteiger partial charge in [0.2, 0.25) is 10.0 Å². The fourth-order valence-corrected chi connectivity index (χ4v) is 2.76. The van der Waals surface area contributed by atoms with Crippen LogP contribution in [0.25, 0.3) is 0 Å². The Bertz CT molecular complexity index is 668. The molecule has 0 spiro atoms. The third kappa shape index (κ3) is 3.53. The molecule has 0 aliphatic heterocycles. The zero-order valence-electron chi connectivity index (χ0n) is 10.8. The molecule has 1 heterocycles. The first-order valence-electron chi connectivity index (χ1n) is 5.97. The monoisotopic (exact) mass is 315 g/mol. The van der Waals surface area contributed by atoms with Gasteiger partial charge in [0.15, 0.2) is 0 Å². The van der Waals surface area contributed by atoms with Gasteiger partial charge < -0.3 is 9.15 Å². The first-order valence-corrected chi connectivity index (χ1v) is 7.83. The average Bonchev–Trinajstić information content (AvgIpc) is 2.92. The van der Waals surface area contributed by atoms with Crippen molar-refractivity contribution in [1.82, 2.24) is 4.72 Å². The summed E-state index contributed by atoms with van der Waals surface area (Å²) in [6.45, 7) is 2.29. The molecule has 1 aromatic heterocycles. The molecule has 0 atom stereocenters. The summed E-state index contributed by atoms with van der Waals surface area (Å²) in [7, 11) is -3.64. The van der Waals surface area contributed by atoms with Gasteiger partial charge in [0.1, 0.15) is 11.5 Å². The molecule has 0 aliphatic carbocycles. The highest BCUT2D eigenvalue weighted by molar-refractivity contribution is 7.89. The Balaban J connectivity index is 2.18. The van der Waals surface area contributed by atoms with E-state index in [4.69, 9.17) is 20.8 Å². The number of halogens is 1. The van der Waals surface area contributed by atoms with E-state index < -0.39 is 10.0 Å². The maximum absolute atomic E-state index is 12.1. The lowest BCUT2D eigenvalue weighted by molar-refractivity contribution is 0.339. The van der Waals surface area contributed by atoms with E-state index in [9.17, 15) is 8.42 Å². The Kier molecular flexibility index (Phi) is 4.69. The predicted molar refractivity (Wildman–Crippen MR) is 75.4 cm³/mol. The first kappa shape index (κ1) is 14.9. The van der Waals surface area contributed by atoms with Crippen LogP contribution >= 0.6 is 11.6 Å². The highest BCUT2D eigenvalue weighted by atomic mass is 35.5. The standard InChI is InChI=1S/C13H14ClNO4S/c1-2-18-13-8-11(5-6-12(13)14)20(16,17)15-9-10-4-3-7-19-10/h3-8,15H,2,9H2,1H3. The molecule has 1 aromatic carbocycles. The third-order valence-electron chi connectivity index (χ3n) is 2.53. The number of hydrogen-bond acceptors (Lipinski definition) is 4. The second-order valence-corrected chi connectivity index (χ2v) is 6.10. The molecular formula is C13H14ClNO4S. The predicted octanol–water partition coefficient (Wildman–Crippen LogP) is 2.81. The molecule has 20 heavy (non-hydrogen) atoms. The molecule has 0 saturated heterocycles. The summed E-state index contributed by atoms with van der Waals surface area (Å²) in [5.74, 6) is 0.877. The van der Waals surface area contributed by atoms with E-state index in [1.54, 1.807) is 19.1 Å². The Morgan fingerprint density at radius 3 is 2.80 bits per heavy atom. The van der Waals surface area contributed by atoms with Gasteiger partial charge in [0.05, 0.1) is 29.3 Å². The summed E-state index contributed by atoms with van der Waals surface area (Å²) in [6, 6.07) is 7.70. The van der Waals surface area contributed by atoms with Crippen molar-refractivity contribution < 1.29 is 17.6 Å². The fourth-order valence-electron chi connectivity index (χ4n) is 1.58. The molecular weight excluding hydrogens is 302 g/mol. The van der Waals surface area contributed by atoms with Gasteiger partial charge in [-0.2, -0.15) is 0 Å². The van der Waals surface area contributed by atoms with Gasteiger partial charge in [-0.05, 0) is 31.2 Å². The van der Waals surface area contributed by atoms with E-state index >= 15 is 0 Å². The van der Waals surface area contributed by atoms with Crippen LogP contribution in [0, 0.1) is 0 Å². The van der Waals surface area contributed by atoms with Crippen molar-refractivity contribution in [2.75, 3.05) is 6.61 Å². The molecule has 0 fully saturated rings. The Hall–Kier alpha value is -1.50. The van der Waals surface area contributed by atoms with Crippen molar-refractivity contribution in [2.45, 2.75) is 18.4 Å². The van der Waals surface area contributed by atoms with Gasteiger partial charge in [-0.3, -0.25) is 0 Å². The van der Waals surface area contributed by atoms with Crippen molar-refractivity contribution in [1.29, 1.82) is 0 Å². The van der Waals surface area contributed by atoms with Gasteiger partial charge in [-0.25, -0.2) is 13.1 Å². The van der Waals surface area contributed by atoms with E-state index in [2.05, 4.69) is 4.72 Å². The number of sulfonamides is 1. The van der Waals surface area contributed by atoms with Gasteiger partial charge in [0, 0.05) is 6.07 Å². The molecule has 0 radical (unpaired) electrons. The summed E-state index contributed by atoms with van der Waals surface area (Å²) in [5.41, 5.74) is 0. The van der Waals surface area contributed by atoms with E-state index in [1.807, 2.05) is 0 Å². The molecule has 0 bridgehead atoms. The molecule has 1 N–H and O–H groups in total. The van der Waals surface area contributed by atoms with Crippen LogP contribution in [0.5, 0.6) is 5.75 Å². The lowest BCUT2D eigenvalue weighted by Gasteiger charge is -2.09. The van der Waals surface area contributed by atoms with E-state index in [1.165, 1.54) is 24.5 Å². The summed E-state index contributed by atoms with van der Waals surface area (Å²) >= 11 is 5.93. The Morgan fingerprint density at radius 1 is 1.35 bits per heavy atom. The van der Waals surface area contributed by atoms with Gasteiger partial charge in [-0.15, -0.1) is 0 Å². The number of nitrogens with one attached hydrogen (secondary N) is 1. The highest BCUT2D eigenvalue weighted by Crippen LogP contribution is 2.27. The van der Waals surface area contributed by atoms with Gasteiger partial charge >= 0.3 is 0 Å². The van der Waals surface area contributed by atoms with Crippen LogP contribution in [0.1, 0.15) is 12.7 Å². The maximum Gasteiger partial charge on any atom is 0.241 e. The number of furan rings is 1. The largest absolute Gasteiger partial charge is 0.492 e. The minimum absolute atomic E-state index is 0.0852. The minimum atomic E-state index is -3.64. The first-order chi connectivity index (χ1) is 9.53. The van der Waals surface area contributed by atoms with Crippen LogP contribution < -0.4 is 9.46 Å². The average molecular weight is 316 g/mol. The Morgan fingerprint density at radius 2 is 2.15 bits per heavy atom. The van der Waals surface area contributed by atoms with E-state index in [-0.39, 0.29) is 11.4 Å². The SMILES string of the molecule is CCOc1cc(S(=O)(=O)NCc2ccco2)ccc1Cl. The smallest absolute Gasteiger partial charge is 0.241 e. The minimum Gasteiger partial charge on any atom is -0.492 e. The van der Waals surface area contributed by atoms with Crippen molar-refractivity contribution in [2.24, 2.45) is 0 Å². The maximum atomic E-state index is 12.1. The normalized spacial score (nSPS) is 11.5. The van der Waals surface area contributed by atoms with E-state index in [0.29, 0.717) is 23.1 Å². The molecule has 108 valence electrons. The second-order valence-electron chi connectivity index (χ2n) is 3.93. The molecule has 5 nitrogen and oxygen atoms in total. The second kappa shape index (κ2) is 6.30. The molecule has 0 unspecified atom stereocenters. The lowest BCUT2D eigenvalue weighted by atomic mass is 10.3. The summed E-state index contributed by atoms with van der Waals surface area (Å²) in [4.78, 5) is 0.0944.